The highest BCUT2D eigenvalue weighted by atomic mass is 32.1. The molecule has 0 unspecified atom stereocenters. The second kappa shape index (κ2) is 4.92. The van der Waals surface area contributed by atoms with Crippen LogP contribution in [0.1, 0.15) is 5.69 Å². The van der Waals surface area contributed by atoms with E-state index in [4.69, 9.17) is 0 Å². The fraction of sp³-hybridized carbons (Fsp3) is 0.500. The summed E-state index contributed by atoms with van der Waals surface area (Å²) in [6, 6.07) is 1.13. The van der Waals surface area contributed by atoms with Gasteiger partial charge in [0.1, 0.15) is 6.33 Å². The third-order valence-corrected chi connectivity index (χ3v) is 2.48. The Morgan fingerprint density at radius 3 is 2.06 bits per heavy atom. The fourth-order valence-corrected chi connectivity index (χ4v) is 0.971. The molecule has 0 atom stereocenters. The summed E-state index contributed by atoms with van der Waals surface area (Å²) in [5, 5.41) is 0. The van der Waals surface area contributed by atoms with Crippen LogP contribution < -0.4 is 0 Å². The van der Waals surface area contributed by atoms with E-state index < -0.39 is 23.9 Å². The fourth-order valence-electron chi connectivity index (χ4n) is 0.906. The summed E-state index contributed by atoms with van der Waals surface area (Å²) >= 11 is 2.59. The van der Waals surface area contributed by atoms with E-state index in [2.05, 4.69) is 27.3 Å². The summed E-state index contributed by atoms with van der Waals surface area (Å²) in [7, 11) is 0. The van der Waals surface area contributed by atoms with Gasteiger partial charge in [-0.3, -0.25) is 0 Å². The molecule has 1 aromatic heterocycles. The van der Waals surface area contributed by atoms with Gasteiger partial charge in [0.05, 0.1) is 12.3 Å². The highest BCUT2D eigenvalue weighted by molar-refractivity contribution is 7.81. The Bertz CT molecular complexity index is 379. The Hall–Kier alpha value is -1.03. The van der Waals surface area contributed by atoms with Crippen molar-refractivity contribution in [1.82, 2.24) is 9.97 Å². The highest BCUT2D eigenvalue weighted by Crippen LogP contribution is 2.48. The minimum atomic E-state index is -5.71. The smallest absolute Gasteiger partial charge is 0.342 e. The molecule has 0 aliphatic carbocycles. The first-order valence-corrected chi connectivity index (χ1v) is 4.77. The first-order valence-electron chi connectivity index (χ1n) is 4.32. The molecular formula is C8H6F6N2OS. The van der Waals surface area contributed by atoms with E-state index in [1.807, 2.05) is 0 Å². The predicted octanol–water partition coefficient (Wildman–Crippen LogP) is 2.74. The number of rotatable bonds is 3. The van der Waals surface area contributed by atoms with Crippen LogP contribution in [-0.2, 0) is 11.3 Å². The quantitative estimate of drug-likeness (QED) is 0.528. The van der Waals surface area contributed by atoms with Crippen LogP contribution in [0.5, 0.6) is 0 Å². The van der Waals surface area contributed by atoms with Crippen molar-refractivity contribution < 1.29 is 31.1 Å². The second-order valence-electron chi connectivity index (χ2n) is 3.13. The lowest BCUT2D eigenvalue weighted by Crippen LogP contribution is -2.54. The third kappa shape index (κ3) is 3.05. The van der Waals surface area contributed by atoms with Gasteiger partial charge in [0.15, 0.2) is 0 Å². The summed E-state index contributed by atoms with van der Waals surface area (Å²) in [6.07, 6.45) is -9.28. The summed E-state index contributed by atoms with van der Waals surface area (Å²) in [5.41, 5.74) is -0.128. The molecule has 0 aliphatic rings. The maximum atomic E-state index is 12.3. The molecule has 0 bridgehead atoms. The van der Waals surface area contributed by atoms with Crippen molar-refractivity contribution in [1.29, 1.82) is 0 Å². The Labute approximate surface area is 103 Å². The maximum absolute atomic E-state index is 12.3. The number of hydrogen-bond acceptors (Lipinski definition) is 4. The van der Waals surface area contributed by atoms with E-state index in [1.54, 1.807) is 0 Å². The molecule has 102 valence electrons. The Morgan fingerprint density at radius 2 is 1.67 bits per heavy atom. The zero-order valence-electron chi connectivity index (χ0n) is 8.46. The highest BCUT2D eigenvalue weighted by Gasteiger charge is 2.70. The van der Waals surface area contributed by atoms with Crippen LogP contribution in [0.2, 0.25) is 0 Å². The molecule has 0 saturated heterocycles. The summed E-state index contributed by atoms with van der Waals surface area (Å²) in [4.78, 5) is 2.36. The molecular weight excluding hydrogens is 286 g/mol. The molecule has 0 N–H and O–H groups in total. The van der Waals surface area contributed by atoms with Crippen LogP contribution in [0.3, 0.4) is 0 Å². The largest absolute Gasteiger partial charge is 0.436 e. The average Bonchev–Trinajstić information content (AvgIpc) is 2.24. The van der Waals surface area contributed by atoms with Crippen LogP contribution in [0.4, 0.5) is 26.3 Å². The van der Waals surface area contributed by atoms with Gasteiger partial charge < -0.3 is 4.74 Å². The monoisotopic (exact) mass is 292 g/mol. The normalized spacial score (nSPS) is 13.7. The molecule has 0 saturated carbocycles. The van der Waals surface area contributed by atoms with Crippen LogP contribution >= 0.6 is 12.6 Å². The van der Waals surface area contributed by atoms with Gasteiger partial charge in [-0.25, -0.2) is 9.97 Å². The zero-order valence-corrected chi connectivity index (χ0v) is 9.35. The lowest BCUT2D eigenvalue weighted by atomic mass is 10.3. The number of ether oxygens (including phenoxy) is 1. The number of thiol groups is 1. The standard InChI is InChI=1S/C8H6F6N2OS/c9-7(10,11)6(18,8(12,13)14)17-3-5-1-2-15-4-16-5/h1-2,4,18H,3H2. The van der Waals surface area contributed by atoms with E-state index in [1.165, 1.54) is 0 Å². The van der Waals surface area contributed by atoms with Crippen LogP contribution in [0.15, 0.2) is 18.6 Å². The molecule has 10 heteroatoms. The van der Waals surface area contributed by atoms with E-state index in [-0.39, 0.29) is 5.69 Å². The molecule has 1 aromatic rings. The van der Waals surface area contributed by atoms with Gasteiger partial charge in [-0.05, 0) is 6.07 Å². The van der Waals surface area contributed by atoms with Crippen molar-refractivity contribution in [2.45, 2.75) is 23.9 Å². The van der Waals surface area contributed by atoms with Crippen LogP contribution in [-0.4, -0.2) is 27.3 Å². The van der Waals surface area contributed by atoms with E-state index in [0.717, 1.165) is 18.6 Å². The lowest BCUT2D eigenvalue weighted by Gasteiger charge is -2.32. The molecule has 0 spiro atoms. The third-order valence-electron chi connectivity index (χ3n) is 1.84. The summed E-state index contributed by atoms with van der Waals surface area (Å²) in [5.74, 6) is 0. The molecule has 3 nitrogen and oxygen atoms in total. The Balaban J connectivity index is 2.89. The predicted molar refractivity (Wildman–Crippen MR) is 50.6 cm³/mol. The van der Waals surface area contributed by atoms with E-state index >= 15 is 0 Å². The Kier molecular flexibility index (Phi) is 4.11. The average molecular weight is 292 g/mol. The number of aromatic nitrogens is 2. The molecule has 18 heavy (non-hydrogen) atoms. The van der Waals surface area contributed by atoms with Gasteiger partial charge in [-0.15, -0.1) is 12.6 Å². The number of nitrogens with zero attached hydrogens (tertiary/aromatic N) is 2. The molecule has 0 amide bonds. The summed E-state index contributed by atoms with van der Waals surface area (Å²) < 4.78 is 78.0. The SMILES string of the molecule is FC(F)(F)C(S)(OCc1ccncn1)C(F)(F)F. The van der Waals surface area contributed by atoms with Crippen LogP contribution in [0, 0.1) is 0 Å². The lowest BCUT2D eigenvalue weighted by molar-refractivity contribution is -0.342. The van der Waals surface area contributed by atoms with Crippen molar-refractivity contribution >= 4 is 12.6 Å². The van der Waals surface area contributed by atoms with Gasteiger partial charge in [0.2, 0.25) is 0 Å². The van der Waals surface area contributed by atoms with Gasteiger partial charge in [-0.1, -0.05) is 0 Å². The van der Waals surface area contributed by atoms with Gasteiger partial charge in [0, 0.05) is 6.20 Å². The van der Waals surface area contributed by atoms with Crippen molar-refractivity contribution in [3.63, 3.8) is 0 Å². The molecule has 1 heterocycles. The molecule has 1 rings (SSSR count). The number of alkyl halides is 6. The molecule has 0 fully saturated rings. The van der Waals surface area contributed by atoms with Crippen LogP contribution in [0.25, 0.3) is 0 Å². The topological polar surface area (TPSA) is 35.0 Å². The van der Waals surface area contributed by atoms with E-state index in [9.17, 15) is 26.3 Å². The summed E-state index contributed by atoms with van der Waals surface area (Å²) in [6.45, 7) is -0.995. The van der Waals surface area contributed by atoms with Crippen molar-refractivity contribution in [3.8, 4) is 0 Å². The molecule has 0 aromatic carbocycles. The number of hydrogen-bond donors (Lipinski definition) is 1. The first kappa shape index (κ1) is 15.0. The minimum absolute atomic E-state index is 0.128. The number of halogens is 6. The molecule has 0 radical (unpaired) electrons. The molecule has 0 aliphatic heterocycles. The first-order chi connectivity index (χ1) is 8.08. The van der Waals surface area contributed by atoms with Crippen molar-refractivity contribution in [3.05, 3.63) is 24.3 Å². The second-order valence-corrected chi connectivity index (χ2v) is 3.76. The Morgan fingerprint density at radius 1 is 1.11 bits per heavy atom. The van der Waals surface area contributed by atoms with Crippen molar-refractivity contribution in [2.24, 2.45) is 0 Å². The maximum Gasteiger partial charge on any atom is 0.436 e. The van der Waals surface area contributed by atoms with Gasteiger partial charge in [-0.2, -0.15) is 26.3 Å². The van der Waals surface area contributed by atoms with Gasteiger partial charge in [0.25, 0.3) is 0 Å². The van der Waals surface area contributed by atoms with Gasteiger partial charge >= 0.3 is 17.3 Å². The van der Waals surface area contributed by atoms with Crippen molar-refractivity contribution in [2.75, 3.05) is 0 Å². The minimum Gasteiger partial charge on any atom is -0.342 e. The zero-order chi connectivity index (χ0) is 14.0. The van der Waals surface area contributed by atoms with E-state index in [0.29, 0.717) is 0 Å².